The van der Waals surface area contributed by atoms with E-state index in [9.17, 15) is 4.79 Å². The molecule has 0 aliphatic rings. The Bertz CT molecular complexity index is 1010. The van der Waals surface area contributed by atoms with Gasteiger partial charge in [0.25, 0.3) is 5.56 Å². The molecule has 0 atom stereocenters. The minimum Gasteiger partial charge on any atom is -0.497 e. The summed E-state index contributed by atoms with van der Waals surface area (Å²) in [6.45, 7) is 1.79. The average molecular weight is 390 g/mol. The van der Waals surface area contributed by atoms with E-state index in [4.69, 9.17) is 22.1 Å². The number of rotatable bonds is 5. The van der Waals surface area contributed by atoms with Crippen LogP contribution in [-0.4, -0.2) is 23.0 Å². The van der Waals surface area contributed by atoms with Gasteiger partial charge in [-0.05, 0) is 42.8 Å². The van der Waals surface area contributed by atoms with E-state index >= 15 is 0 Å². The number of nitrogens with two attached hydrogens (primary N) is 1. The van der Waals surface area contributed by atoms with E-state index < -0.39 is 0 Å². The van der Waals surface area contributed by atoms with Crippen molar-refractivity contribution >= 4 is 45.8 Å². The number of aryl methyl sites for hydroxylation is 1. The lowest BCUT2D eigenvalue weighted by Crippen LogP contribution is -2.19. The van der Waals surface area contributed by atoms with Crippen molar-refractivity contribution in [3.63, 3.8) is 0 Å². The highest BCUT2D eigenvalue weighted by Gasteiger charge is 2.09. The van der Waals surface area contributed by atoms with Gasteiger partial charge < -0.3 is 15.8 Å². The summed E-state index contributed by atoms with van der Waals surface area (Å²) < 4.78 is 6.24. The number of benzene rings is 1. The van der Waals surface area contributed by atoms with Crippen LogP contribution in [0, 0.1) is 6.92 Å². The van der Waals surface area contributed by atoms with Crippen molar-refractivity contribution in [1.29, 1.82) is 0 Å². The molecule has 0 saturated carbocycles. The third kappa shape index (κ3) is 4.04. The second-order valence-corrected chi connectivity index (χ2v) is 6.77. The van der Waals surface area contributed by atoms with Crippen LogP contribution in [0.4, 0.5) is 16.6 Å². The van der Waals surface area contributed by atoms with Crippen molar-refractivity contribution in [3.05, 3.63) is 62.3 Å². The largest absolute Gasteiger partial charge is 0.497 e. The molecule has 0 amide bonds. The van der Waals surface area contributed by atoms with Gasteiger partial charge in [-0.2, -0.15) is 9.78 Å². The van der Waals surface area contributed by atoms with Crippen LogP contribution < -0.4 is 21.3 Å². The first-order chi connectivity index (χ1) is 12.5. The maximum Gasteiger partial charge on any atom is 0.273 e. The Kier molecular flexibility index (Phi) is 5.24. The zero-order valence-corrected chi connectivity index (χ0v) is 15.6. The normalized spacial score (nSPS) is 11.0. The molecule has 0 spiro atoms. The van der Waals surface area contributed by atoms with Gasteiger partial charge in [0.2, 0.25) is 0 Å². The van der Waals surface area contributed by atoms with Crippen LogP contribution in [0.25, 0.3) is 0 Å². The van der Waals surface area contributed by atoms with E-state index in [1.54, 1.807) is 20.1 Å². The van der Waals surface area contributed by atoms with Crippen molar-refractivity contribution in [3.8, 4) is 5.75 Å². The van der Waals surface area contributed by atoms with E-state index in [2.05, 4.69) is 15.4 Å². The number of nitrogen functional groups attached to an aromatic ring is 1. The van der Waals surface area contributed by atoms with Crippen LogP contribution in [0.15, 0.2) is 46.3 Å². The number of halogens is 1. The fraction of sp³-hybridized carbons (Fsp3) is 0.118. The van der Waals surface area contributed by atoms with Crippen molar-refractivity contribution in [1.82, 2.24) is 9.66 Å². The highest BCUT2D eigenvalue weighted by molar-refractivity contribution is 7.17. The summed E-state index contributed by atoms with van der Waals surface area (Å²) in [6.07, 6.45) is 1.46. The van der Waals surface area contributed by atoms with Gasteiger partial charge in [0.1, 0.15) is 11.6 Å². The van der Waals surface area contributed by atoms with E-state index in [0.29, 0.717) is 10.0 Å². The summed E-state index contributed by atoms with van der Waals surface area (Å²) in [5.41, 5.74) is 7.15. The Morgan fingerprint density at radius 1 is 1.35 bits per heavy atom. The van der Waals surface area contributed by atoms with Gasteiger partial charge in [-0.1, -0.05) is 22.9 Å². The Labute approximate surface area is 158 Å². The maximum absolute atomic E-state index is 12.0. The molecule has 7 nitrogen and oxygen atoms in total. The quantitative estimate of drug-likeness (QED) is 0.651. The molecule has 2 aromatic heterocycles. The van der Waals surface area contributed by atoms with Crippen LogP contribution in [0.2, 0.25) is 5.15 Å². The van der Waals surface area contributed by atoms with Crippen LogP contribution in [0.3, 0.4) is 0 Å². The number of ether oxygens (including phenoxy) is 1. The van der Waals surface area contributed by atoms with Crippen molar-refractivity contribution in [2.24, 2.45) is 5.10 Å². The molecule has 0 aliphatic heterocycles. The number of methoxy groups -OCH3 is 1. The second kappa shape index (κ2) is 7.59. The number of aromatic nitrogens is 2. The first-order valence-electron chi connectivity index (χ1n) is 7.57. The number of hydrogen-bond donors (Lipinski definition) is 2. The van der Waals surface area contributed by atoms with E-state index in [1.165, 1.54) is 23.6 Å². The standard InChI is InChI=1S/C17H16ClN5O2S/c1-10-7-14(19)23(15(24)8-10)20-9-13-16(18)22-17(26-13)21-11-3-5-12(25-2)6-4-11/h3-9H,19H2,1-2H3,(H,21,22)/b20-9+. The summed E-state index contributed by atoms with van der Waals surface area (Å²) in [6, 6.07) is 10.5. The van der Waals surface area contributed by atoms with E-state index in [1.807, 2.05) is 24.3 Å². The molecule has 3 N–H and O–H groups in total. The highest BCUT2D eigenvalue weighted by Crippen LogP contribution is 2.28. The number of anilines is 3. The Balaban J connectivity index is 1.81. The summed E-state index contributed by atoms with van der Waals surface area (Å²) in [4.78, 5) is 16.8. The van der Waals surface area contributed by atoms with Crippen LogP contribution in [0.1, 0.15) is 10.4 Å². The molecule has 2 heterocycles. The SMILES string of the molecule is COc1ccc(Nc2nc(Cl)c(/C=N/n3c(N)cc(C)cc3=O)s2)cc1. The number of thiazole rings is 1. The second-order valence-electron chi connectivity index (χ2n) is 5.38. The Hall–Kier alpha value is -2.84. The fourth-order valence-electron chi connectivity index (χ4n) is 2.20. The summed E-state index contributed by atoms with van der Waals surface area (Å²) in [5, 5.41) is 8.16. The molecule has 0 bridgehead atoms. The summed E-state index contributed by atoms with van der Waals surface area (Å²) in [7, 11) is 1.61. The van der Waals surface area contributed by atoms with Gasteiger partial charge in [-0.15, -0.1) is 0 Å². The Morgan fingerprint density at radius 2 is 2.08 bits per heavy atom. The number of nitrogens with zero attached hydrogens (tertiary/aromatic N) is 3. The Morgan fingerprint density at radius 3 is 2.73 bits per heavy atom. The molecule has 134 valence electrons. The molecule has 1 aromatic carbocycles. The molecule has 3 aromatic rings. The van der Waals surface area contributed by atoms with Crippen LogP contribution in [-0.2, 0) is 0 Å². The molecular weight excluding hydrogens is 374 g/mol. The maximum atomic E-state index is 12.0. The fourth-order valence-corrected chi connectivity index (χ4v) is 3.24. The van der Waals surface area contributed by atoms with E-state index in [-0.39, 0.29) is 16.5 Å². The zero-order chi connectivity index (χ0) is 18.7. The zero-order valence-electron chi connectivity index (χ0n) is 14.1. The molecule has 3 rings (SSSR count). The lowest BCUT2D eigenvalue weighted by molar-refractivity contribution is 0.415. The monoisotopic (exact) mass is 389 g/mol. The van der Waals surface area contributed by atoms with Gasteiger partial charge >= 0.3 is 0 Å². The molecule has 9 heteroatoms. The van der Waals surface area contributed by atoms with Crippen LogP contribution >= 0.6 is 22.9 Å². The molecular formula is C17H16ClN5O2S. The summed E-state index contributed by atoms with van der Waals surface area (Å²) in [5.74, 6) is 1.02. The first kappa shape index (κ1) is 18.0. The topological polar surface area (TPSA) is 94.5 Å². The number of hydrogen-bond acceptors (Lipinski definition) is 7. The smallest absolute Gasteiger partial charge is 0.273 e. The minimum atomic E-state index is -0.309. The predicted molar refractivity (Wildman–Crippen MR) is 106 cm³/mol. The minimum absolute atomic E-state index is 0.253. The first-order valence-corrected chi connectivity index (χ1v) is 8.76. The van der Waals surface area contributed by atoms with Gasteiger partial charge in [0.15, 0.2) is 10.3 Å². The lowest BCUT2D eigenvalue weighted by atomic mass is 10.3. The molecule has 0 fully saturated rings. The molecule has 0 radical (unpaired) electrons. The molecule has 0 aliphatic carbocycles. The molecule has 26 heavy (non-hydrogen) atoms. The van der Waals surface area contributed by atoms with Gasteiger partial charge in [-0.3, -0.25) is 4.79 Å². The van der Waals surface area contributed by atoms with Crippen molar-refractivity contribution in [2.75, 3.05) is 18.2 Å². The average Bonchev–Trinajstić information content (AvgIpc) is 2.94. The molecule has 0 saturated heterocycles. The third-order valence-electron chi connectivity index (χ3n) is 3.42. The predicted octanol–water partition coefficient (Wildman–Crippen LogP) is 3.48. The van der Waals surface area contributed by atoms with Crippen molar-refractivity contribution in [2.45, 2.75) is 6.92 Å². The lowest BCUT2D eigenvalue weighted by Gasteiger charge is -2.03. The number of nitrogens with one attached hydrogen (secondary N) is 1. The van der Waals surface area contributed by atoms with E-state index in [0.717, 1.165) is 21.7 Å². The summed E-state index contributed by atoms with van der Waals surface area (Å²) >= 11 is 7.47. The van der Waals surface area contributed by atoms with Crippen LogP contribution in [0.5, 0.6) is 5.75 Å². The van der Waals surface area contributed by atoms with Gasteiger partial charge in [-0.25, -0.2) is 4.98 Å². The molecule has 0 unspecified atom stereocenters. The van der Waals surface area contributed by atoms with Gasteiger partial charge in [0.05, 0.1) is 18.2 Å². The third-order valence-corrected chi connectivity index (χ3v) is 4.73. The van der Waals surface area contributed by atoms with Crippen molar-refractivity contribution < 1.29 is 4.74 Å². The highest BCUT2D eigenvalue weighted by atomic mass is 35.5. The number of pyridine rings is 1. The van der Waals surface area contributed by atoms with Gasteiger partial charge in [0, 0.05) is 11.8 Å².